The molecule has 0 heterocycles. The van der Waals surface area contributed by atoms with E-state index in [0.717, 1.165) is 33.4 Å². The normalized spacial score (nSPS) is 16.2. The molecule has 0 atom stereocenters. The van der Waals surface area contributed by atoms with Gasteiger partial charge in [-0.05, 0) is 133 Å². The molecule has 0 saturated heterocycles. The van der Waals surface area contributed by atoms with Gasteiger partial charge in [0.25, 0.3) is 0 Å². The van der Waals surface area contributed by atoms with Crippen molar-refractivity contribution in [1.82, 2.24) is 0 Å². The molecule has 2 fully saturated rings. The van der Waals surface area contributed by atoms with E-state index in [1.807, 2.05) is 64.1 Å². The van der Waals surface area contributed by atoms with Crippen molar-refractivity contribution in [2.24, 2.45) is 0 Å². The van der Waals surface area contributed by atoms with Crippen molar-refractivity contribution in [2.75, 3.05) is 0 Å². The van der Waals surface area contributed by atoms with E-state index in [4.69, 9.17) is 0 Å². The molecule has 2 aliphatic carbocycles. The molecule has 0 aromatic heterocycles. The lowest BCUT2D eigenvalue weighted by molar-refractivity contribution is 0.412. The van der Waals surface area contributed by atoms with E-state index >= 15 is 0 Å². The van der Waals surface area contributed by atoms with Gasteiger partial charge in [0.2, 0.25) is 0 Å². The van der Waals surface area contributed by atoms with Crippen molar-refractivity contribution in [3.63, 3.8) is 0 Å². The molecular weight excluding hydrogens is 617 g/mol. The Morgan fingerprint density at radius 2 is 0.720 bits per heavy atom. The summed E-state index contributed by atoms with van der Waals surface area (Å²) in [5.41, 5.74) is 10.3. The van der Waals surface area contributed by atoms with Gasteiger partial charge in [0.05, 0.1) is 0 Å². The smallest absolute Gasteiger partial charge is 0.121 e. The summed E-state index contributed by atoms with van der Waals surface area (Å²) in [6.45, 7) is 16.6. The predicted molar refractivity (Wildman–Crippen MR) is 207 cm³/mol. The fourth-order valence-corrected chi connectivity index (χ4v) is 8.33. The standard InChI is InChI=1S/C27H36O2.C19H24O2/c1-27(2,21-13-15-25(28)23(17-21)19-9-5-3-6-10-19)22-14-16-26(29)24(18-22)20-11-7-4-8-12-20;1-11-7-15(8-12(2)17(11)20)19(5,6)16-9-13(3)18(21)14(4)10-16/h13-20,28-29H,3-12H2,1-2H3;7-10,20-21H,1-6H3. The van der Waals surface area contributed by atoms with Gasteiger partial charge in [-0.25, -0.2) is 0 Å². The Hall–Kier alpha value is -3.92. The molecule has 6 rings (SSSR count). The number of hydrogen-bond donors (Lipinski definition) is 4. The Balaban J connectivity index is 0.000000205. The highest BCUT2D eigenvalue weighted by Crippen LogP contribution is 2.44. The van der Waals surface area contributed by atoms with Gasteiger partial charge in [0, 0.05) is 10.8 Å². The molecule has 2 saturated carbocycles. The van der Waals surface area contributed by atoms with E-state index in [0.29, 0.717) is 34.8 Å². The van der Waals surface area contributed by atoms with Crippen molar-refractivity contribution in [1.29, 1.82) is 0 Å². The Kier molecular flexibility index (Phi) is 11.3. The van der Waals surface area contributed by atoms with Crippen LogP contribution in [-0.4, -0.2) is 20.4 Å². The molecular formula is C46H60O4. The van der Waals surface area contributed by atoms with E-state index in [1.54, 1.807) is 0 Å². The Morgan fingerprint density at radius 3 is 1.04 bits per heavy atom. The van der Waals surface area contributed by atoms with Crippen LogP contribution in [0.1, 0.15) is 159 Å². The number of benzene rings is 4. The van der Waals surface area contributed by atoms with Crippen LogP contribution < -0.4 is 0 Å². The summed E-state index contributed by atoms with van der Waals surface area (Å²) in [7, 11) is 0. The molecule has 4 heteroatoms. The zero-order valence-corrected chi connectivity index (χ0v) is 31.8. The van der Waals surface area contributed by atoms with Crippen LogP contribution in [0, 0.1) is 27.7 Å². The number of aryl methyl sites for hydroxylation is 4. The molecule has 0 amide bonds. The van der Waals surface area contributed by atoms with Crippen LogP contribution in [0.3, 0.4) is 0 Å². The van der Waals surface area contributed by atoms with Gasteiger partial charge in [-0.15, -0.1) is 0 Å². The van der Waals surface area contributed by atoms with Gasteiger partial charge in [0.15, 0.2) is 0 Å². The first-order valence-corrected chi connectivity index (χ1v) is 18.9. The number of rotatable bonds is 6. The molecule has 2 aliphatic rings. The molecule has 0 spiro atoms. The quantitative estimate of drug-likeness (QED) is 0.164. The number of phenolic OH excluding ortho intramolecular Hbond substituents is 4. The predicted octanol–water partition coefficient (Wildman–Crippen LogP) is 12.2. The third-order valence-corrected chi connectivity index (χ3v) is 12.0. The van der Waals surface area contributed by atoms with Gasteiger partial charge < -0.3 is 20.4 Å². The van der Waals surface area contributed by atoms with Crippen LogP contribution in [0.25, 0.3) is 0 Å². The zero-order valence-electron chi connectivity index (χ0n) is 31.8. The molecule has 4 nitrogen and oxygen atoms in total. The van der Waals surface area contributed by atoms with Crippen molar-refractivity contribution < 1.29 is 20.4 Å². The van der Waals surface area contributed by atoms with Crippen LogP contribution >= 0.6 is 0 Å². The Bertz CT molecular complexity index is 1630. The third kappa shape index (κ3) is 7.85. The van der Waals surface area contributed by atoms with Crippen LogP contribution in [0.15, 0.2) is 60.7 Å². The van der Waals surface area contributed by atoms with E-state index in [1.165, 1.54) is 86.5 Å². The first-order valence-electron chi connectivity index (χ1n) is 18.9. The van der Waals surface area contributed by atoms with Crippen LogP contribution in [0.5, 0.6) is 23.0 Å². The summed E-state index contributed by atoms with van der Waals surface area (Å²) in [5.74, 6) is 2.60. The fraction of sp³-hybridized carbons (Fsp3) is 0.478. The van der Waals surface area contributed by atoms with E-state index in [9.17, 15) is 20.4 Å². The van der Waals surface area contributed by atoms with Crippen LogP contribution in [0.4, 0.5) is 0 Å². The molecule has 4 N–H and O–H groups in total. The second kappa shape index (κ2) is 15.1. The summed E-state index contributed by atoms with van der Waals surface area (Å²) in [4.78, 5) is 0. The highest BCUT2D eigenvalue weighted by Gasteiger charge is 2.29. The Morgan fingerprint density at radius 1 is 0.420 bits per heavy atom. The topological polar surface area (TPSA) is 80.9 Å². The summed E-state index contributed by atoms with van der Waals surface area (Å²) in [6, 6.07) is 20.6. The van der Waals surface area contributed by atoms with Crippen LogP contribution in [0.2, 0.25) is 0 Å². The second-order valence-corrected chi connectivity index (χ2v) is 16.4. The number of hydrogen-bond acceptors (Lipinski definition) is 4. The maximum Gasteiger partial charge on any atom is 0.121 e. The van der Waals surface area contributed by atoms with Crippen molar-refractivity contribution in [3.8, 4) is 23.0 Å². The lowest BCUT2D eigenvalue weighted by atomic mass is 9.74. The van der Waals surface area contributed by atoms with Crippen molar-refractivity contribution in [3.05, 3.63) is 116 Å². The average molecular weight is 677 g/mol. The first kappa shape index (κ1) is 37.3. The average Bonchev–Trinajstić information content (AvgIpc) is 3.10. The minimum absolute atomic E-state index is 0.172. The monoisotopic (exact) mass is 676 g/mol. The summed E-state index contributed by atoms with van der Waals surface area (Å²) in [6.07, 6.45) is 12.4. The highest BCUT2D eigenvalue weighted by molar-refractivity contribution is 5.52. The lowest BCUT2D eigenvalue weighted by Crippen LogP contribution is -2.20. The molecule has 50 heavy (non-hydrogen) atoms. The summed E-state index contributed by atoms with van der Waals surface area (Å²) >= 11 is 0. The molecule has 268 valence electrons. The maximum atomic E-state index is 10.5. The van der Waals surface area contributed by atoms with Gasteiger partial charge in [0.1, 0.15) is 23.0 Å². The molecule has 0 unspecified atom stereocenters. The minimum atomic E-state index is -0.188. The van der Waals surface area contributed by atoms with Crippen molar-refractivity contribution >= 4 is 0 Å². The molecule has 4 aromatic carbocycles. The fourth-order valence-electron chi connectivity index (χ4n) is 8.33. The molecule has 4 aromatic rings. The van der Waals surface area contributed by atoms with Crippen molar-refractivity contribution in [2.45, 2.75) is 142 Å². The lowest BCUT2D eigenvalue weighted by Gasteiger charge is -2.31. The largest absolute Gasteiger partial charge is 0.508 e. The summed E-state index contributed by atoms with van der Waals surface area (Å²) < 4.78 is 0. The van der Waals surface area contributed by atoms with Gasteiger partial charge in [-0.1, -0.05) is 115 Å². The third-order valence-electron chi connectivity index (χ3n) is 12.0. The highest BCUT2D eigenvalue weighted by atomic mass is 16.3. The van der Waals surface area contributed by atoms with Gasteiger partial charge in [-0.3, -0.25) is 0 Å². The van der Waals surface area contributed by atoms with Gasteiger partial charge in [-0.2, -0.15) is 0 Å². The molecule has 0 aliphatic heterocycles. The zero-order chi connectivity index (χ0) is 36.4. The SMILES string of the molecule is CC(C)(c1ccc(O)c(C2CCCCC2)c1)c1ccc(O)c(C2CCCCC2)c1.Cc1cc(C(C)(C)c2cc(C)c(O)c(C)c2)cc(C)c1O. The van der Waals surface area contributed by atoms with E-state index in [2.05, 4.69) is 52.0 Å². The minimum Gasteiger partial charge on any atom is -0.508 e. The van der Waals surface area contributed by atoms with E-state index in [-0.39, 0.29) is 10.8 Å². The van der Waals surface area contributed by atoms with Gasteiger partial charge >= 0.3 is 0 Å². The Labute approximate surface area is 301 Å². The van der Waals surface area contributed by atoms with E-state index < -0.39 is 0 Å². The first-order chi connectivity index (χ1) is 23.6. The summed E-state index contributed by atoms with van der Waals surface area (Å²) in [5, 5.41) is 41.0. The number of phenols is 4. The maximum absolute atomic E-state index is 10.5. The second-order valence-electron chi connectivity index (χ2n) is 16.4. The number of aromatic hydroxyl groups is 4. The molecule has 0 radical (unpaired) electrons. The molecule has 0 bridgehead atoms. The van der Waals surface area contributed by atoms with Crippen LogP contribution in [-0.2, 0) is 10.8 Å².